The highest BCUT2D eigenvalue weighted by Crippen LogP contribution is 2.31. The van der Waals surface area contributed by atoms with Gasteiger partial charge in [0.2, 0.25) is 5.91 Å². The van der Waals surface area contributed by atoms with Crippen LogP contribution in [-0.2, 0) is 9.53 Å². The van der Waals surface area contributed by atoms with Gasteiger partial charge in [-0.1, -0.05) is 60.7 Å². The molecule has 0 aromatic heterocycles. The summed E-state index contributed by atoms with van der Waals surface area (Å²) in [6.07, 6.45) is 3.77. The van der Waals surface area contributed by atoms with Crippen molar-refractivity contribution in [1.82, 2.24) is 4.90 Å². The highest BCUT2D eigenvalue weighted by Gasteiger charge is 2.33. The van der Waals surface area contributed by atoms with Crippen molar-refractivity contribution in [3.05, 3.63) is 71.8 Å². The van der Waals surface area contributed by atoms with Gasteiger partial charge in [0, 0.05) is 19.7 Å². The molecule has 2 aromatic rings. The first-order valence-electron chi connectivity index (χ1n) is 9.31. The second kappa shape index (κ2) is 7.40. The highest BCUT2D eigenvalue weighted by atomic mass is 16.5. The lowest BCUT2D eigenvalue weighted by Crippen LogP contribution is -2.35. The summed E-state index contributed by atoms with van der Waals surface area (Å²) in [6.45, 7) is 2.39. The summed E-state index contributed by atoms with van der Waals surface area (Å²) in [4.78, 5) is 15.3. The molecule has 0 radical (unpaired) electrons. The lowest BCUT2D eigenvalue weighted by atomic mass is 9.90. The molecule has 1 saturated carbocycles. The van der Waals surface area contributed by atoms with E-state index in [9.17, 15) is 4.79 Å². The van der Waals surface area contributed by atoms with Gasteiger partial charge in [-0.25, -0.2) is 0 Å². The van der Waals surface area contributed by atoms with Crippen LogP contribution in [0.2, 0.25) is 0 Å². The molecule has 130 valence electrons. The summed E-state index contributed by atoms with van der Waals surface area (Å²) in [6, 6.07) is 20.2. The van der Waals surface area contributed by atoms with Gasteiger partial charge in [-0.3, -0.25) is 4.79 Å². The van der Waals surface area contributed by atoms with E-state index < -0.39 is 0 Å². The van der Waals surface area contributed by atoms with Crippen LogP contribution in [0, 0.1) is 5.92 Å². The number of benzene rings is 2. The molecule has 0 spiro atoms. The first-order chi connectivity index (χ1) is 12.3. The Hall–Kier alpha value is -2.13. The lowest BCUT2D eigenvalue weighted by Gasteiger charge is -2.24. The zero-order valence-electron chi connectivity index (χ0n) is 14.5. The summed E-state index contributed by atoms with van der Waals surface area (Å²) in [5, 5.41) is 0. The minimum Gasteiger partial charge on any atom is -0.376 e. The van der Waals surface area contributed by atoms with E-state index in [0.717, 1.165) is 43.2 Å². The summed E-state index contributed by atoms with van der Waals surface area (Å²) in [5.74, 6) is 0.727. The molecule has 1 aliphatic carbocycles. The zero-order valence-corrected chi connectivity index (χ0v) is 14.5. The molecular formula is C22H25NO2. The molecule has 0 bridgehead atoms. The van der Waals surface area contributed by atoms with Crippen LogP contribution in [-0.4, -0.2) is 36.6 Å². The predicted molar refractivity (Wildman–Crippen MR) is 98.4 cm³/mol. The number of hydrogen-bond acceptors (Lipinski definition) is 2. The maximum Gasteiger partial charge on any atom is 0.234 e. The van der Waals surface area contributed by atoms with E-state index >= 15 is 0 Å². The second-order valence-electron chi connectivity index (χ2n) is 7.23. The van der Waals surface area contributed by atoms with Crippen molar-refractivity contribution in [3.63, 3.8) is 0 Å². The van der Waals surface area contributed by atoms with Gasteiger partial charge >= 0.3 is 0 Å². The number of carbonyl (C=O) groups is 1. The van der Waals surface area contributed by atoms with Gasteiger partial charge in [0.05, 0.1) is 12.0 Å². The topological polar surface area (TPSA) is 29.5 Å². The van der Waals surface area contributed by atoms with Crippen LogP contribution in [0.1, 0.15) is 36.3 Å². The van der Waals surface area contributed by atoms with E-state index in [2.05, 4.69) is 0 Å². The number of hydrogen-bond donors (Lipinski definition) is 0. The molecule has 1 aliphatic heterocycles. The fourth-order valence-electron chi connectivity index (χ4n) is 3.57. The fraction of sp³-hybridized carbons (Fsp3) is 0.409. The number of amides is 1. The SMILES string of the molecule is O=C(C(c1ccccc1)c1ccccc1)N1CCC(OCC2CC2)C1. The monoisotopic (exact) mass is 335 g/mol. The average Bonchev–Trinajstić information content (AvgIpc) is 3.37. The number of ether oxygens (including phenoxy) is 1. The lowest BCUT2D eigenvalue weighted by molar-refractivity contribution is -0.131. The van der Waals surface area contributed by atoms with Crippen LogP contribution < -0.4 is 0 Å². The molecule has 2 aromatic carbocycles. The summed E-state index contributed by atoms with van der Waals surface area (Å²) >= 11 is 0. The molecule has 1 saturated heterocycles. The Labute approximate surface area is 149 Å². The molecular weight excluding hydrogens is 310 g/mol. The van der Waals surface area contributed by atoms with Crippen LogP contribution >= 0.6 is 0 Å². The number of carbonyl (C=O) groups excluding carboxylic acids is 1. The van der Waals surface area contributed by atoms with Crippen molar-refractivity contribution < 1.29 is 9.53 Å². The van der Waals surface area contributed by atoms with E-state index in [4.69, 9.17) is 4.74 Å². The minimum atomic E-state index is -0.232. The Morgan fingerprint density at radius 2 is 1.56 bits per heavy atom. The van der Waals surface area contributed by atoms with E-state index in [1.807, 2.05) is 65.6 Å². The molecule has 2 aliphatic rings. The van der Waals surface area contributed by atoms with Crippen LogP contribution in [0.5, 0.6) is 0 Å². The average molecular weight is 335 g/mol. The Kier molecular flexibility index (Phi) is 4.84. The molecule has 0 N–H and O–H groups in total. The Bertz CT molecular complexity index is 657. The van der Waals surface area contributed by atoms with Gasteiger partial charge in [0.15, 0.2) is 0 Å². The Morgan fingerprint density at radius 1 is 0.960 bits per heavy atom. The minimum absolute atomic E-state index is 0.190. The smallest absolute Gasteiger partial charge is 0.234 e. The van der Waals surface area contributed by atoms with Crippen molar-refractivity contribution in [1.29, 1.82) is 0 Å². The second-order valence-corrected chi connectivity index (χ2v) is 7.23. The molecule has 2 fully saturated rings. The number of rotatable bonds is 6. The van der Waals surface area contributed by atoms with E-state index in [1.165, 1.54) is 12.8 Å². The van der Waals surface area contributed by atoms with Crippen molar-refractivity contribution in [2.45, 2.75) is 31.3 Å². The van der Waals surface area contributed by atoms with Gasteiger partial charge in [-0.2, -0.15) is 0 Å². The van der Waals surface area contributed by atoms with Crippen LogP contribution in [0.3, 0.4) is 0 Å². The van der Waals surface area contributed by atoms with Crippen LogP contribution in [0.4, 0.5) is 0 Å². The number of likely N-dealkylation sites (tertiary alicyclic amines) is 1. The third kappa shape index (κ3) is 3.93. The molecule has 3 heteroatoms. The maximum atomic E-state index is 13.3. The summed E-state index contributed by atoms with van der Waals surface area (Å²) in [7, 11) is 0. The van der Waals surface area contributed by atoms with Gasteiger partial charge < -0.3 is 9.64 Å². The first kappa shape index (κ1) is 16.3. The molecule has 3 nitrogen and oxygen atoms in total. The largest absolute Gasteiger partial charge is 0.376 e. The summed E-state index contributed by atoms with van der Waals surface area (Å²) in [5.41, 5.74) is 2.11. The first-order valence-corrected chi connectivity index (χ1v) is 9.31. The van der Waals surface area contributed by atoms with Crippen molar-refractivity contribution in [2.75, 3.05) is 19.7 Å². The highest BCUT2D eigenvalue weighted by molar-refractivity contribution is 5.87. The van der Waals surface area contributed by atoms with Gasteiger partial charge in [0.25, 0.3) is 0 Å². The van der Waals surface area contributed by atoms with Gasteiger partial charge in [-0.05, 0) is 36.3 Å². The normalized spacial score (nSPS) is 20.2. The Morgan fingerprint density at radius 3 is 2.12 bits per heavy atom. The Balaban J connectivity index is 1.50. The van der Waals surface area contributed by atoms with Crippen molar-refractivity contribution in [2.24, 2.45) is 5.92 Å². The fourth-order valence-corrected chi connectivity index (χ4v) is 3.57. The molecule has 25 heavy (non-hydrogen) atoms. The molecule has 1 amide bonds. The van der Waals surface area contributed by atoms with Crippen molar-refractivity contribution >= 4 is 5.91 Å². The molecule has 1 atom stereocenters. The summed E-state index contributed by atoms with van der Waals surface area (Å²) < 4.78 is 6.00. The standard InChI is InChI=1S/C22H25NO2/c24-22(23-14-13-20(15-23)25-16-17-11-12-17)21(18-7-3-1-4-8-18)19-9-5-2-6-10-19/h1-10,17,20-21H,11-16H2. The molecule has 1 unspecified atom stereocenters. The zero-order chi connectivity index (χ0) is 17.1. The van der Waals surface area contributed by atoms with Crippen LogP contribution in [0.15, 0.2) is 60.7 Å². The third-order valence-corrected chi connectivity index (χ3v) is 5.23. The van der Waals surface area contributed by atoms with Crippen LogP contribution in [0.25, 0.3) is 0 Å². The predicted octanol–water partition coefficient (Wildman–Crippen LogP) is 3.85. The van der Waals surface area contributed by atoms with E-state index in [0.29, 0.717) is 0 Å². The maximum absolute atomic E-state index is 13.3. The number of nitrogens with zero attached hydrogens (tertiary/aromatic N) is 1. The van der Waals surface area contributed by atoms with Crippen molar-refractivity contribution in [3.8, 4) is 0 Å². The van der Waals surface area contributed by atoms with E-state index in [1.54, 1.807) is 0 Å². The quantitative estimate of drug-likeness (QED) is 0.802. The third-order valence-electron chi connectivity index (χ3n) is 5.23. The van der Waals surface area contributed by atoms with Gasteiger partial charge in [-0.15, -0.1) is 0 Å². The molecule has 4 rings (SSSR count). The van der Waals surface area contributed by atoms with Gasteiger partial charge in [0.1, 0.15) is 0 Å². The van der Waals surface area contributed by atoms with E-state index in [-0.39, 0.29) is 17.9 Å². The molecule has 1 heterocycles.